The van der Waals surface area contributed by atoms with E-state index >= 15 is 0 Å². The zero-order valence-corrected chi connectivity index (χ0v) is 12.5. The van der Waals surface area contributed by atoms with E-state index in [0.717, 1.165) is 34.4 Å². The average molecular weight is 327 g/mol. The Labute approximate surface area is 122 Å². The van der Waals surface area contributed by atoms with Crippen LogP contribution in [0.1, 0.15) is 43.8 Å². The molecule has 1 fully saturated rings. The molecule has 0 saturated heterocycles. The van der Waals surface area contributed by atoms with Crippen molar-refractivity contribution in [2.45, 2.75) is 38.2 Å². The minimum atomic E-state index is -0.420. The van der Waals surface area contributed by atoms with Gasteiger partial charge in [-0.25, -0.2) is 0 Å². The van der Waals surface area contributed by atoms with Crippen molar-refractivity contribution >= 4 is 15.9 Å². The van der Waals surface area contributed by atoms with Gasteiger partial charge in [-0.3, -0.25) is 0 Å². The van der Waals surface area contributed by atoms with Gasteiger partial charge < -0.3 is 14.6 Å². The number of aliphatic hydroxyl groups is 1. The van der Waals surface area contributed by atoms with E-state index in [-0.39, 0.29) is 0 Å². The van der Waals surface area contributed by atoms with Gasteiger partial charge in [-0.15, -0.1) is 0 Å². The van der Waals surface area contributed by atoms with Crippen molar-refractivity contribution in [3.05, 3.63) is 22.2 Å². The molecule has 3 nitrogen and oxygen atoms in total. The Hall–Kier alpha value is -0.740. The van der Waals surface area contributed by atoms with Gasteiger partial charge in [0, 0.05) is 10.9 Å². The van der Waals surface area contributed by atoms with Crippen molar-refractivity contribution in [2.75, 3.05) is 13.2 Å². The highest BCUT2D eigenvalue weighted by Gasteiger charge is 2.24. The number of fused-ring (bicyclic) bond motifs is 1. The van der Waals surface area contributed by atoms with E-state index in [0.29, 0.717) is 19.1 Å². The molecular weight excluding hydrogens is 308 g/mol. The molecule has 4 heteroatoms. The fraction of sp³-hybridized carbons (Fsp3) is 0.600. The molecule has 0 aromatic heterocycles. The number of halogens is 1. The summed E-state index contributed by atoms with van der Waals surface area (Å²) >= 11 is 3.54. The van der Waals surface area contributed by atoms with Gasteiger partial charge in [0.15, 0.2) is 11.5 Å². The van der Waals surface area contributed by atoms with Crippen molar-refractivity contribution < 1.29 is 14.6 Å². The van der Waals surface area contributed by atoms with Crippen LogP contribution in [0.3, 0.4) is 0 Å². The molecule has 1 heterocycles. The van der Waals surface area contributed by atoms with E-state index in [9.17, 15) is 5.11 Å². The van der Waals surface area contributed by atoms with Crippen LogP contribution in [0, 0.1) is 5.92 Å². The number of rotatable bonds is 3. The summed E-state index contributed by atoms with van der Waals surface area (Å²) < 4.78 is 12.2. The third kappa shape index (κ3) is 2.90. The molecule has 3 rings (SSSR count). The second-order valence-corrected chi connectivity index (χ2v) is 6.27. The number of aliphatic hydroxyl groups excluding tert-OH is 1. The van der Waals surface area contributed by atoms with Gasteiger partial charge in [-0.1, -0.05) is 35.2 Å². The third-order valence-corrected chi connectivity index (χ3v) is 4.69. The highest BCUT2D eigenvalue weighted by molar-refractivity contribution is 9.10. The molecule has 1 aromatic rings. The molecule has 1 aliphatic heterocycles. The Morgan fingerprint density at radius 1 is 1.16 bits per heavy atom. The van der Waals surface area contributed by atoms with E-state index in [1.165, 1.54) is 19.3 Å². The van der Waals surface area contributed by atoms with Gasteiger partial charge in [0.2, 0.25) is 0 Å². The van der Waals surface area contributed by atoms with Crippen LogP contribution in [-0.4, -0.2) is 18.3 Å². The maximum atomic E-state index is 10.4. The molecule has 0 amide bonds. The van der Waals surface area contributed by atoms with E-state index in [2.05, 4.69) is 15.9 Å². The van der Waals surface area contributed by atoms with Crippen LogP contribution in [0.4, 0.5) is 0 Å². The molecule has 1 aromatic carbocycles. The third-order valence-electron chi connectivity index (χ3n) is 4.01. The molecule has 1 unspecified atom stereocenters. The lowest BCUT2D eigenvalue weighted by Crippen LogP contribution is -2.15. The Bertz CT molecular complexity index is 457. The highest BCUT2D eigenvalue weighted by Crippen LogP contribution is 2.41. The van der Waals surface area contributed by atoms with Crippen molar-refractivity contribution in [3.8, 4) is 11.5 Å². The smallest absolute Gasteiger partial charge is 0.162 e. The van der Waals surface area contributed by atoms with Crippen molar-refractivity contribution in [1.29, 1.82) is 0 Å². The lowest BCUT2D eigenvalue weighted by molar-refractivity contribution is 0.117. The maximum Gasteiger partial charge on any atom is 0.162 e. The molecule has 1 aliphatic carbocycles. The highest BCUT2D eigenvalue weighted by atomic mass is 79.9. The fourth-order valence-electron chi connectivity index (χ4n) is 2.63. The Morgan fingerprint density at radius 2 is 1.84 bits per heavy atom. The van der Waals surface area contributed by atoms with Crippen LogP contribution >= 0.6 is 15.9 Å². The number of hydrogen-bond acceptors (Lipinski definition) is 3. The first kappa shape index (κ1) is 13.3. The van der Waals surface area contributed by atoms with Crippen LogP contribution in [0.2, 0.25) is 0 Å². The summed E-state index contributed by atoms with van der Waals surface area (Å²) in [7, 11) is 0. The second-order valence-electron chi connectivity index (χ2n) is 5.42. The summed E-state index contributed by atoms with van der Waals surface area (Å²) in [6.45, 7) is 1.36. The van der Waals surface area contributed by atoms with Crippen LogP contribution in [0.15, 0.2) is 16.6 Å². The molecule has 0 radical (unpaired) electrons. The first-order valence-corrected chi connectivity index (χ1v) is 7.80. The maximum absolute atomic E-state index is 10.4. The van der Waals surface area contributed by atoms with Crippen molar-refractivity contribution in [3.63, 3.8) is 0 Å². The quantitative estimate of drug-likeness (QED) is 0.917. The predicted octanol–water partition coefficient (Wildman–Crippen LogP) is 3.83. The van der Waals surface area contributed by atoms with E-state index in [1.54, 1.807) is 0 Å². The zero-order chi connectivity index (χ0) is 13.2. The standard InChI is InChI=1S/C15H19BrO3/c16-12-9-15-14(18-5-2-6-19-15)8-11(12)13(17)7-10-3-1-4-10/h8-10,13,17H,1-7H2. The minimum absolute atomic E-state index is 0.420. The largest absolute Gasteiger partial charge is 0.490 e. The van der Waals surface area contributed by atoms with Crippen LogP contribution < -0.4 is 9.47 Å². The van der Waals surface area contributed by atoms with E-state index in [4.69, 9.17) is 9.47 Å². The van der Waals surface area contributed by atoms with Crippen molar-refractivity contribution in [2.24, 2.45) is 5.92 Å². The predicted molar refractivity (Wildman–Crippen MR) is 76.7 cm³/mol. The van der Waals surface area contributed by atoms with Gasteiger partial charge in [-0.2, -0.15) is 0 Å². The molecule has 0 bridgehead atoms. The summed E-state index contributed by atoms with van der Waals surface area (Å²) in [6, 6.07) is 3.84. The molecule has 0 spiro atoms. The molecule has 104 valence electrons. The molecule has 1 atom stereocenters. The first-order chi connectivity index (χ1) is 9.24. The molecule has 1 N–H and O–H groups in total. The lowest BCUT2D eigenvalue weighted by atomic mass is 9.80. The number of ether oxygens (including phenoxy) is 2. The van der Waals surface area contributed by atoms with Gasteiger partial charge in [0.05, 0.1) is 19.3 Å². The summed E-state index contributed by atoms with van der Waals surface area (Å²) in [5.74, 6) is 2.20. The van der Waals surface area contributed by atoms with Gasteiger partial charge in [-0.05, 0) is 30.0 Å². The van der Waals surface area contributed by atoms with E-state index in [1.807, 2.05) is 12.1 Å². The van der Waals surface area contributed by atoms with E-state index < -0.39 is 6.10 Å². The Kier molecular flexibility index (Phi) is 3.99. The molecule has 1 saturated carbocycles. The first-order valence-electron chi connectivity index (χ1n) is 7.01. The van der Waals surface area contributed by atoms with Gasteiger partial charge in [0.1, 0.15) is 0 Å². The Balaban J connectivity index is 1.81. The summed E-state index contributed by atoms with van der Waals surface area (Å²) in [6.07, 6.45) is 5.12. The number of benzene rings is 1. The van der Waals surface area contributed by atoms with Crippen LogP contribution in [-0.2, 0) is 0 Å². The lowest BCUT2D eigenvalue weighted by Gasteiger charge is -2.28. The topological polar surface area (TPSA) is 38.7 Å². The molecule has 19 heavy (non-hydrogen) atoms. The summed E-state index contributed by atoms with van der Waals surface area (Å²) in [5.41, 5.74) is 0.913. The summed E-state index contributed by atoms with van der Waals surface area (Å²) in [5, 5.41) is 10.4. The van der Waals surface area contributed by atoms with Gasteiger partial charge >= 0.3 is 0 Å². The Morgan fingerprint density at radius 3 is 2.47 bits per heavy atom. The monoisotopic (exact) mass is 326 g/mol. The van der Waals surface area contributed by atoms with Crippen LogP contribution in [0.25, 0.3) is 0 Å². The van der Waals surface area contributed by atoms with Crippen molar-refractivity contribution in [1.82, 2.24) is 0 Å². The van der Waals surface area contributed by atoms with Crippen LogP contribution in [0.5, 0.6) is 11.5 Å². The summed E-state index contributed by atoms with van der Waals surface area (Å²) in [4.78, 5) is 0. The molecular formula is C15H19BrO3. The SMILES string of the molecule is OC(CC1CCC1)c1cc2c(cc1Br)OCCCO2. The normalized spacial score (nSPS) is 20.5. The zero-order valence-electron chi connectivity index (χ0n) is 10.9. The number of hydrogen-bond donors (Lipinski definition) is 1. The fourth-order valence-corrected chi connectivity index (χ4v) is 3.21. The second kappa shape index (κ2) is 5.71. The van der Waals surface area contributed by atoms with Gasteiger partial charge in [0.25, 0.3) is 0 Å². The molecule has 2 aliphatic rings. The minimum Gasteiger partial charge on any atom is -0.490 e. The average Bonchev–Trinajstić information content (AvgIpc) is 2.57.